The third-order valence-corrected chi connectivity index (χ3v) is 3.83. The minimum atomic E-state index is 0.601. The van der Waals surface area contributed by atoms with Crippen LogP contribution in [0.2, 0.25) is 0 Å². The first-order valence-corrected chi connectivity index (χ1v) is 8.44. The Morgan fingerprint density at radius 3 is 2.65 bits per heavy atom. The van der Waals surface area contributed by atoms with E-state index in [1.54, 1.807) is 0 Å². The SMILES string of the molecule is CCCC(C)COc1c(Br)cccc1CNCC(C)C. The van der Waals surface area contributed by atoms with Gasteiger partial charge in [0.15, 0.2) is 0 Å². The molecule has 2 nitrogen and oxygen atoms in total. The molecular weight excluding hydrogens is 314 g/mol. The summed E-state index contributed by atoms with van der Waals surface area (Å²) in [5.74, 6) is 2.26. The summed E-state index contributed by atoms with van der Waals surface area (Å²) in [5, 5.41) is 3.48. The molecule has 0 radical (unpaired) electrons. The molecule has 1 N–H and O–H groups in total. The molecule has 0 saturated carbocycles. The van der Waals surface area contributed by atoms with Gasteiger partial charge in [0.1, 0.15) is 5.75 Å². The van der Waals surface area contributed by atoms with Gasteiger partial charge in [0.05, 0.1) is 11.1 Å². The average molecular weight is 342 g/mol. The summed E-state index contributed by atoms with van der Waals surface area (Å²) in [6.07, 6.45) is 2.43. The second-order valence-electron chi connectivity index (χ2n) is 5.96. The lowest BCUT2D eigenvalue weighted by molar-refractivity contribution is 0.247. The summed E-state index contributed by atoms with van der Waals surface area (Å²) in [7, 11) is 0. The lowest BCUT2D eigenvalue weighted by Crippen LogP contribution is -2.20. The van der Waals surface area contributed by atoms with E-state index in [4.69, 9.17) is 4.74 Å². The number of halogens is 1. The van der Waals surface area contributed by atoms with Gasteiger partial charge in [0.2, 0.25) is 0 Å². The Bertz CT molecular complexity index is 393. The maximum atomic E-state index is 6.05. The Kier molecular flexibility index (Phi) is 8.24. The molecule has 0 aliphatic carbocycles. The molecule has 20 heavy (non-hydrogen) atoms. The van der Waals surface area contributed by atoms with Crippen LogP contribution < -0.4 is 10.1 Å². The molecule has 114 valence electrons. The van der Waals surface area contributed by atoms with Crippen LogP contribution >= 0.6 is 15.9 Å². The van der Waals surface area contributed by atoms with E-state index in [-0.39, 0.29) is 0 Å². The van der Waals surface area contributed by atoms with Crippen molar-refractivity contribution in [3.63, 3.8) is 0 Å². The number of hydrogen-bond donors (Lipinski definition) is 1. The minimum absolute atomic E-state index is 0.601. The first-order chi connectivity index (χ1) is 9.54. The van der Waals surface area contributed by atoms with E-state index in [0.717, 1.165) is 29.9 Å². The first kappa shape index (κ1) is 17.5. The topological polar surface area (TPSA) is 21.3 Å². The molecule has 1 unspecified atom stereocenters. The molecule has 0 aromatic heterocycles. The van der Waals surface area contributed by atoms with Crippen LogP contribution in [0.5, 0.6) is 5.75 Å². The van der Waals surface area contributed by atoms with Gasteiger partial charge in [-0.3, -0.25) is 0 Å². The predicted octanol–water partition coefficient (Wildman–Crippen LogP) is 5.01. The van der Waals surface area contributed by atoms with Gasteiger partial charge < -0.3 is 10.1 Å². The van der Waals surface area contributed by atoms with Gasteiger partial charge in [0.25, 0.3) is 0 Å². The quantitative estimate of drug-likeness (QED) is 0.681. The monoisotopic (exact) mass is 341 g/mol. The third kappa shape index (κ3) is 6.27. The van der Waals surface area contributed by atoms with E-state index in [1.807, 2.05) is 6.07 Å². The molecule has 0 aliphatic rings. The van der Waals surface area contributed by atoms with Crippen molar-refractivity contribution in [1.82, 2.24) is 5.32 Å². The molecule has 1 atom stereocenters. The lowest BCUT2D eigenvalue weighted by atomic mass is 10.1. The maximum Gasteiger partial charge on any atom is 0.137 e. The van der Waals surface area contributed by atoms with Crippen LogP contribution in [0.4, 0.5) is 0 Å². The molecular formula is C17H28BrNO. The van der Waals surface area contributed by atoms with Crippen molar-refractivity contribution in [3.8, 4) is 5.75 Å². The van der Waals surface area contributed by atoms with Gasteiger partial charge in [-0.05, 0) is 46.8 Å². The molecule has 0 bridgehead atoms. The van der Waals surface area contributed by atoms with Crippen LogP contribution in [0.15, 0.2) is 22.7 Å². The van der Waals surface area contributed by atoms with E-state index in [2.05, 4.69) is 61.1 Å². The van der Waals surface area contributed by atoms with E-state index >= 15 is 0 Å². The van der Waals surface area contributed by atoms with Crippen molar-refractivity contribution < 1.29 is 4.74 Å². The summed E-state index contributed by atoms with van der Waals surface area (Å²) >= 11 is 3.60. The molecule has 1 aromatic carbocycles. The molecule has 0 fully saturated rings. The summed E-state index contributed by atoms with van der Waals surface area (Å²) in [5.41, 5.74) is 1.23. The summed E-state index contributed by atoms with van der Waals surface area (Å²) in [4.78, 5) is 0. The fraction of sp³-hybridized carbons (Fsp3) is 0.647. The first-order valence-electron chi connectivity index (χ1n) is 7.65. The van der Waals surface area contributed by atoms with Gasteiger partial charge in [-0.1, -0.05) is 46.2 Å². The molecule has 0 saturated heterocycles. The number of benzene rings is 1. The summed E-state index contributed by atoms with van der Waals surface area (Å²) < 4.78 is 7.10. The molecule has 3 heteroatoms. The number of ether oxygens (including phenoxy) is 1. The average Bonchev–Trinajstić information content (AvgIpc) is 2.38. The normalized spacial score (nSPS) is 12.7. The van der Waals surface area contributed by atoms with E-state index in [9.17, 15) is 0 Å². The Labute approximate surface area is 132 Å². The minimum Gasteiger partial charge on any atom is -0.492 e. The van der Waals surface area contributed by atoms with Gasteiger partial charge in [-0.2, -0.15) is 0 Å². The highest BCUT2D eigenvalue weighted by atomic mass is 79.9. The molecule has 1 rings (SSSR count). The van der Waals surface area contributed by atoms with Gasteiger partial charge in [-0.15, -0.1) is 0 Å². The van der Waals surface area contributed by atoms with Crippen molar-refractivity contribution in [2.45, 2.75) is 47.1 Å². The maximum absolute atomic E-state index is 6.05. The highest BCUT2D eigenvalue weighted by molar-refractivity contribution is 9.10. The highest BCUT2D eigenvalue weighted by Crippen LogP contribution is 2.29. The Morgan fingerprint density at radius 2 is 2.00 bits per heavy atom. The number of para-hydroxylation sites is 1. The number of rotatable bonds is 9. The zero-order valence-corrected chi connectivity index (χ0v) is 14.8. The fourth-order valence-electron chi connectivity index (χ4n) is 2.15. The van der Waals surface area contributed by atoms with Crippen molar-refractivity contribution in [2.24, 2.45) is 11.8 Å². The standard InChI is InChI=1S/C17H28BrNO/c1-5-7-14(4)12-20-17-15(8-6-9-16(17)18)11-19-10-13(2)3/h6,8-9,13-14,19H,5,7,10-12H2,1-4H3. The second-order valence-corrected chi connectivity index (χ2v) is 6.81. The van der Waals surface area contributed by atoms with Crippen molar-refractivity contribution in [1.29, 1.82) is 0 Å². The Hall–Kier alpha value is -0.540. The van der Waals surface area contributed by atoms with Gasteiger partial charge in [0, 0.05) is 12.1 Å². The van der Waals surface area contributed by atoms with E-state index < -0.39 is 0 Å². The lowest BCUT2D eigenvalue weighted by Gasteiger charge is -2.17. The Balaban J connectivity index is 2.63. The van der Waals surface area contributed by atoms with Crippen LogP contribution in [-0.2, 0) is 6.54 Å². The van der Waals surface area contributed by atoms with Crippen molar-refractivity contribution in [2.75, 3.05) is 13.2 Å². The summed E-state index contributed by atoms with van der Waals surface area (Å²) in [6.45, 7) is 11.6. The highest BCUT2D eigenvalue weighted by Gasteiger charge is 2.10. The molecule has 0 aliphatic heterocycles. The van der Waals surface area contributed by atoms with E-state index in [1.165, 1.54) is 18.4 Å². The van der Waals surface area contributed by atoms with Crippen LogP contribution in [0.1, 0.15) is 46.1 Å². The van der Waals surface area contributed by atoms with Crippen molar-refractivity contribution >= 4 is 15.9 Å². The number of hydrogen-bond acceptors (Lipinski definition) is 2. The predicted molar refractivity (Wildman–Crippen MR) is 90.3 cm³/mol. The molecule has 0 heterocycles. The second kappa shape index (κ2) is 9.41. The largest absolute Gasteiger partial charge is 0.492 e. The zero-order chi connectivity index (χ0) is 15.0. The van der Waals surface area contributed by atoms with Crippen LogP contribution in [0.3, 0.4) is 0 Å². The van der Waals surface area contributed by atoms with Gasteiger partial charge in [-0.25, -0.2) is 0 Å². The van der Waals surface area contributed by atoms with Crippen LogP contribution in [0.25, 0.3) is 0 Å². The molecule has 0 spiro atoms. The van der Waals surface area contributed by atoms with Crippen LogP contribution in [-0.4, -0.2) is 13.2 Å². The molecule has 0 amide bonds. The van der Waals surface area contributed by atoms with Crippen LogP contribution in [0, 0.1) is 11.8 Å². The van der Waals surface area contributed by atoms with E-state index in [0.29, 0.717) is 11.8 Å². The van der Waals surface area contributed by atoms with Crippen molar-refractivity contribution in [3.05, 3.63) is 28.2 Å². The Morgan fingerprint density at radius 1 is 1.25 bits per heavy atom. The zero-order valence-electron chi connectivity index (χ0n) is 13.2. The number of nitrogens with one attached hydrogen (secondary N) is 1. The third-order valence-electron chi connectivity index (χ3n) is 3.21. The summed E-state index contributed by atoms with van der Waals surface area (Å²) in [6, 6.07) is 6.25. The fourth-order valence-corrected chi connectivity index (χ4v) is 2.67. The smallest absolute Gasteiger partial charge is 0.137 e. The molecule has 1 aromatic rings. The van der Waals surface area contributed by atoms with Gasteiger partial charge >= 0.3 is 0 Å².